The van der Waals surface area contributed by atoms with E-state index in [1.165, 1.54) is 7.11 Å². The number of carbonyl (C=O) groups is 3. The Kier molecular flexibility index (Phi) is 7.58. The van der Waals surface area contributed by atoms with Gasteiger partial charge >= 0.3 is 5.97 Å². The quantitative estimate of drug-likeness (QED) is 0.569. The molecular formula is C21H28N2O4. The Bertz CT molecular complexity index is 697. The van der Waals surface area contributed by atoms with Gasteiger partial charge in [0.05, 0.1) is 7.11 Å². The first kappa shape index (κ1) is 20.7. The fraction of sp³-hybridized carbons (Fsp3) is 0.476. The number of hydrogen-bond acceptors (Lipinski definition) is 4. The van der Waals surface area contributed by atoms with E-state index >= 15 is 0 Å². The van der Waals surface area contributed by atoms with E-state index in [-0.39, 0.29) is 11.8 Å². The summed E-state index contributed by atoms with van der Waals surface area (Å²) in [5.41, 5.74) is 1.37. The number of rotatable bonds is 7. The highest BCUT2D eigenvalue weighted by Crippen LogP contribution is 2.21. The van der Waals surface area contributed by atoms with Gasteiger partial charge in [0.1, 0.15) is 12.1 Å². The van der Waals surface area contributed by atoms with Gasteiger partial charge in [-0.3, -0.25) is 9.59 Å². The molecule has 0 aliphatic heterocycles. The standard InChI is InChI=1S/C21H28N2O4/c1-14(2)17(21(26)27-3)22-20(25)18(15-10-6-4-7-11-15)23-19(24)16-12-8-5-9-13-16/h5,8-10,12-14,17-18H,4,6-7,11H2,1-3H3,(H,22,25)(H,23,24)/t17-,18?/m0/s1. The number of hydrogen-bond donors (Lipinski definition) is 2. The van der Waals surface area contributed by atoms with E-state index in [4.69, 9.17) is 4.74 Å². The zero-order valence-electron chi connectivity index (χ0n) is 16.2. The van der Waals surface area contributed by atoms with Crippen molar-refractivity contribution >= 4 is 17.8 Å². The van der Waals surface area contributed by atoms with Crippen molar-refractivity contribution in [1.82, 2.24) is 10.6 Å². The predicted molar refractivity (Wildman–Crippen MR) is 103 cm³/mol. The van der Waals surface area contributed by atoms with E-state index in [9.17, 15) is 14.4 Å². The van der Waals surface area contributed by atoms with Crippen molar-refractivity contribution in [2.24, 2.45) is 5.92 Å². The van der Waals surface area contributed by atoms with Crippen LogP contribution in [0.1, 0.15) is 49.9 Å². The summed E-state index contributed by atoms with van der Waals surface area (Å²) in [5.74, 6) is -1.34. The molecule has 2 N–H and O–H groups in total. The molecule has 146 valence electrons. The molecule has 1 aliphatic rings. The lowest BCUT2D eigenvalue weighted by Crippen LogP contribution is -2.54. The number of allylic oxidation sites excluding steroid dienone is 1. The van der Waals surface area contributed by atoms with Gasteiger partial charge < -0.3 is 15.4 Å². The second-order valence-electron chi connectivity index (χ2n) is 7.05. The van der Waals surface area contributed by atoms with E-state index < -0.39 is 24.0 Å². The highest BCUT2D eigenvalue weighted by Gasteiger charge is 2.31. The summed E-state index contributed by atoms with van der Waals surface area (Å²) in [4.78, 5) is 37.6. The van der Waals surface area contributed by atoms with E-state index in [2.05, 4.69) is 10.6 Å². The van der Waals surface area contributed by atoms with E-state index in [1.807, 2.05) is 26.0 Å². The fourth-order valence-corrected chi connectivity index (χ4v) is 3.12. The van der Waals surface area contributed by atoms with Crippen LogP contribution in [0.4, 0.5) is 0 Å². The minimum atomic E-state index is -0.802. The Morgan fingerprint density at radius 1 is 1.04 bits per heavy atom. The molecule has 2 amide bonds. The maximum Gasteiger partial charge on any atom is 0.328 e. The summed E-state index contributed by atoms with van der Waals surface area (Å²) in [6.07, 6.45) is 5.69. The third kappa shape index (κ3) is 5.67. The molecule has 0 saturated heterocycles. The molecule has 0 fully saturated rings. The number of nitrogens with one attached hydrogen (secondary N) is 2. The van der Waals surface area contributed by atoms with E-state index in [0.717, 1.165) is 31.3 Å². The van der Waals surface area contributed by atoms with Crippen molar-refractivity contribution < 1.29 is 19.1 Å². The fourth-order valence-electron chi connectivity index (χ4n) is 3.12. The molecule has 0 heterocycles. The van der Waals surface area contributed by atoms with Crippen molar-refractivity contribution in [3.8, 4) is 0 Å². The first-order chi connectivity index (χ1) is 12.9. The lowest BCUT2D eigenvalue weighted by atomic mass is 9.92. The average molecular weight is 372 g/mol. The maximum atomic E-state index is 13.0. The molecule has 0 radical (unpaired) electrons. The van der Waals surface area contributed by atoms with Gasteiger partial charge in [-0.05, 0) is 49.3 Å². The van der Waals surface area contributed by atoms with Crippen LogP contribution in [-0.2, 0) is 14.3 Å². The van der Waals surface area contributed by atoms with E-state index in [1.54, 1.807) is 24.3 Å². The molecule has 1 aromatic carbocycles. The lowest BCUT2D eigenvalue weighted by Gasteiger charge is -2.27. The van der Waals surface area contributed by atoms with Crippen LogP contribution in [0.15, 0.2) is 42.0 Å². The molecule has 0 spiro atoms. The van der Waals surface area contributed by atoms with Gasteiger partial charge in [0.2, 0.25) is 5.91 Å². The third-order valence-corrected chi connectivity index (χ3v) is 4.69. The second-order valence-corrected chi connectivity index (χ2v) is 7.05. The molecule has 2 atom stereocenters. The molecule has 0 saturated carbocycles. The summed E-state index contributed by atoms with van der Waals surface area (Å²) in [7, 11) is 1.29. The monoisotopic (exact) mass is 372 g/mol. The molecule has 27 heavy (non-hydrogen) atoms. The van der Waals surface area contributed by atoms with Gasteiger partial charge in [0, 0.05) is 5.56 Å². The van der Waals surface area contributed by atoms with Crippen molar-refractivity contribution in [1.29, 1.82) is 0 Å². The molecule has 6 nitrogen and oxygen atoms in total. The highest BCUT2D eigenvalue weighted by molar-refractivity contribution is 5.99. The third-order valence-electron chi connectivity index (χ3n) is 4.69. The van der Waals surface area contributed by atoms with Crippen LogP contribution in [0.25, 0.3) is 0 Å². The Morgan fingerprint density at radius 3 is 2.30 bits per heavy atom. The van der Waals surface area contributed by atoms with Gasteiger partial charge in [-0.1, -0.05) is 38.1 Å². The minimum absolute atomic E-state index is 0.132. The number of ether oxygens (including phenoxy) is 1. The van der Waals surface area contributed by atoms with Crippen molar-refractivity contribution in [3.63, 3.8) is 0 Å². The molecule has 1 aromatic rings. The molecule has 1 aliphatic carbocycles. The molecule has 2 rings (SSSR count). The van der Waals surface area contributed by atoms with Gasteiger partial charge in [0.15, 0.2) is 0 Å². The Labute approximate surface area is 160 Å². The largest absolute Gasteiger partial charge is 0.467 e. The number of carbonyl (C=O) groups excluding carboxylic acids is 3. The topological polar surface area (TPSA) is 84.5 Å². The number of esters is 1. The van der Waals surface area contributed by atoms with Crippen LogP contribution in [0.5, 0.6) is 0 Å². The van der Waals surface area contributed by atoms with Crippen LogP contribution in [-0.4, -0.2) is 37.0 Å². The molecule has 6 heteroatoms. The normalized spacial score (nSPS) is 16.1. The van der Waals surface area contributed by atoms with Crippen LogP contribution in [0.3, 0.4) is 0 Å². The summed E-state index contributed by atoms with van der Waals surface area (Å²) in [6, 6.07) is 7.21. The lowest BCUT2D eigenvalue weighted by molar-refractivity contribution is -0.146. The van der Waals surface area contributed by atoms with Gasteiger partial charge in [0.25, 0.3) is 5.91 Å². The summed E-state index contributed by atoms with van der Waals surface area (Å²) in [5, 5.41) is 5.58. The Balaban J connectivity index is 2.21. The Morgan fingerprint density at radius 2 is 1.74 bits per heavy atom. The Hall–Kier alpha value is -2.63. The first-order valence-electron chi connectivity index (χ1n) is 9.37. The zero-order valence-corrected chi connectivity index (χ0v) is 16.2. The average Bonchev–Trinajstić information content (AvgIpc) is 2.70. The van der Waals surface area contributed by atoms with Gasteiger partial charge in [-0.15, -0.1) is 0 Å². The van der Waals surface area contributed by atoms with Gasteiger partial charge in [-0.25, -0.2) is 4.79 Å². The number of methoxy groups -OCH3 is 1. The summed E-state index contributed by atoms with van der Waals surface area (Å²) in [6.45, 7) is 3.67. The van der Waals surface area contributed by atoms with Crippen molar-refractivity contribution in [2.75, 3.05) is 7.11 Å². The molecule has 1 unspecified atom stereocenters. The first-order valence-corrected chi connectivity index (χ1v) is 9.37. The summed E-state index contributed by atoms with van der Waals surface area (Å²) >= 11 is 0. The smallest absolute Gasteiger partial charge is 0.328 e. The highest BCUT2D eigenvalue weighted by atomic mass is 16.5. The van der Waals surface area contributed by atoms with E-state index in [0.29, 0.717) is 5.56 Å². The van der Waals surface area contributed by atoms with Crippen LogP contribution < -0.4 is 10.6 Å². The molecule has 0 bridgehead atoms. The number of benzene rings is 1. The summed E-state index contributed by atoms with van der Waals surface area (Å²) < 4.78 is 4.79. The zero-order chi connectivity index (χ0) is 19.8. The maximum absolute atomic E-state index is 13.0. The minimum Gasteiger partial charge on any atom is -0.467 e. The molecular weight excluding hydrogens is 344 g/mol. The van der Waals surface area contributed by atoms with Crippen LogP contribution >= 0.6 is 0 Å². The molecule has 0 aromatic heterocycles. The van der Waals surface area contributed by atoms with Crippen LogP contribution in [0.2, 0.25) is 0 Å². The van der Waals surface area contributed by atoms with Gasteiger partial charge in [-0.2, -0.15) is 0 Å². The van der Waals surface area contributed by atoms with Crippen molar-refractivity contribution in [2.45, 2.75) is 51.6 Å². The second kappa shape index (κ2) is 9.90. The van der Waals surface area contributed by atoms with Crippen molar-refractivity contribution in [3.05, 3.63) is 47.5 Å². The predicted octanol–water partition coefficient (Wildman–Crippen LogP) is 2.60. The SMILES string of the molecule is COC(=O)[C@@H](NC(=O)C(NC(=O)c1ccccc1)C1=CCCCC1)C(C)C. The van der Waals surface area contributed by atoms with Crippen LogP contribution in [0, 0.1) is 5.92 Å². The number of amides is 2.